The fraction of sp³-hybridized carbons (Fsp3) is 0.650. The predicted octanol–water partition coefficient (Wildman–Crippen LogP) is 2.46. The molecule has 0 amide bonds. The highest BCUT2D eigenvalue weighted by Gasteiger charge is 2.23. The van der Waals surface area contributed by atoms with Crippen LogP contribution in [0.3, 0.4) is 0 Å². The number of benzene rings is 1. The highest BCUT2D eigenvalue weighted by molar-refractivity contribution is 7.90. The Bertz CT molecular complexity index is 714. The van der Waals surface area contributed by atoms with E-state index in [9.17, 15) is 13.2 Å². The summed E-state index contributed by atoms with van der Waals surface area (Å²) in [5, 5.41) is 12.4. The monoisotopic (exact) mass is 396 g/mol. The van der Waals surface area contributed by atoms with Crippen LogP contribution in [0.4, 0.5) is 0 Å². The van der Waals surface area contributed by atoms with Crippen LogP contribution >= 0.6 is 0 Å². The molecule has 6 nitrogen and oxygen atoms in total. The molecule has 1 aromatic carbocycles. The second-order valence-electron chi connectivity index (χ2n) is 7.79. The third-order valence-corrected chi connectivity index (χ3v) is 6.91. The molecule has 0 aliphatic heterocycles. The molecule has 1 unspecified atom stereocenters. The van der Waals surface area contributed by atoms with Gasteiger partial charge in [0.2, 0.25) is 0 Å². The first-order valence-corrected chi connectivity index (χ1v) is 11.6. The molecule has 1 saturated carbocycles. The lowest BCUT2D eigenvalue weighted by molar-refractivity contribution is -0.137. The van der Waals surface area contributed by atoms with Crippen molar-refractivity contribution in [2.45, 2.75) is 69.8 Å². The molecular weight excluding hydrogens is 364 g/mol. The lowest BCUT2D eigenvalue weighted by Gasteiger charge is -2.25. The van der Waals surface area contributed by atoms with E-state index in [2.05, 4.69) is 12.2 Å². The number of aliphatic carboxylic acids is 1. The second kappa shape index (κ2) is 10.2. The quantitative estimate of drug-likeness (QED) is 0.560. The van der Waals surface area contributed by atoms with E-state index < -0.39 is 27.6 Å². The molecule has 7 heteroatoms. The maximum atomic E-state index is 12.3. The molecule has 0 saturated heterocycles. The van der Waals surface area contributed by atoms with Crippen LogP contribution in [-0.2, 0) is 26.9 Å². The predicted molar refractivity (Wildman–Crippen MR) is 107 cm³/mol. The highest BCUT2D eigenvalue weighted by atomic mass is 32.2. The van der Waals surface area contributed by atoms with Gasteiger partial charge in [0.1, 0.15) is 6.04 Å². The number of carboxylic acids is 1. The molecule has 1 aromatic rings. The average molecular weight is 397 g/mol. The SMILES string of the molecule is CC(CC1CCCCC1)NCc1ccccc1CS(=O)(=O)C[C@@H](N)C(=O)O. The van der Waals surface area contributed by atoms with Crippen molar-refractivity contribution in [3.05, 3.63) is 35.4 Å². The summed E-state index contributed by atoms with van der Waals surface area (Å²) in [6.07, 6.45) is 7.78. The van der Waals surface area contributed by atoms with E-state index in [1.54, 1.807) is 12.1 Å². The topological polar surface area (TPSA) is 109 Å². The molecule has 1 aliphatic carbocycles. The molecule has 2 rings (SSSR count). The van der Waals surface area contributed by atoms with Gasteiger partial charge in [0.05, 0.1) is 11.5 Å². The number of sulfone groups is 1. The van der Waals surface area contributed by atoms with Crippen molar-refractivity contribution in [1.29, 1.82) is 0 Å². The number of carboxylic acid groups (broad SMARTS) is 1. The highest BCUT2D eigenvalue weighted by Crippen LogP contribution is 2.27. The Hall–Kier alpha value is -1.44. The zero-order valence-corrected chi connectivity index (χ0v) is 16.9. The Morgan fingerprint density at radius 2 is 1.85 bits per heavy atom. The summed E-state index contributed by atoms with van der Waals surface area (Å²) in [6, 6.07) is 6.38. The number of hydrogen-bond acceptors (Lipinski definition) is 5. The van der Waals surface area contributed by atoms with E-state index in [1.807, 2.05) is 12.1 Å². The zero-order valence-electron chi connectivity index (χ0n) is 16.1. The van der Waals surface area contributed by atoms with E-state index >= 15 is 0 Å². The minimum Gasteiger partial charge on any atom is -0.480 e. The van der Waals surface area contributed by atoms with Crippen LogP contribution in [0.1, 0.15) is 56.6 Å². The smallest absolute Gasteiger partial charge is 0.321 e. The van der Waals surface area contributed by atoms with Gasteiger partial charge in [0.15, 0.2) is 9.84 Å². The van der Waals surface area contributed by atoms with E-state index in [0.717, 1.165) is 17.9 Å². The minimum atomic E-state index is -3.60. The normalized spacial score (nSPS) is 18.1. The largest absolute Gasteiger partial charge is 0.480 e. The van der Waals surface area contributed by atoms with Crippen LogP contribution in [0.5, 0.6) is 0 Å². The van der Waals surface area contributed by atoms with E-state index in [-0.39, 0.29) is 5.75 Å². The van der Waals surface area contributed by atoms with Crippen LogP contribution in [0, 0.1) is 5.92 Å². The first-order chi connectivity index (χ1) is 12.8. The van der Waals surface area contributed by atoms with Crippen LogP contribution in [0.2, 0.25) is 0 Å². The van der Waals surface area contributed by atoms with Gasteiger partial charge in [-0.1, -0.05) is 56.4 Å². The van der Waals surface area contributed by atoms with Crippen LogP contribution in [-0.4, -0.2) is 37.3 Å². The van der Waals surface area contributed by atoms with Gasteiger partial charge in [-0.3, -0.25) is 4.79 Å². The molecule has 2 atom stereocenters. The Morgan fingerprint density at radius 3 is 2.48 bits per heavy atom. The fourth-order valence-corrected chi connectivity index (χ4v) is 5.36. The second-order valence-corrected chi connectivity index (χ2v) is 9.90. The van der Waals surface area contributed by atoms with E-state index in [4.69, 9.17) is 10.8 Å². The number of hydrogen-bond donors (Lipinski definition) is 3. The van der Waals surface area contributed by atoms with E-state index in [1.165, 1.54) is 32.1 Å². The molecule has 4 N–H and O–H groups in total. The number of rotatable bonds is 10. The van der Waals surface area contributed by atoms with Crippen molar-refractivity contribution in [1.82, 2.24) is 5.32 Å². The van der Waals surface area contributed by atoms with Crippen LogP contribution in [0.15, 0.2) is 24.3 Å². The Morgan fingerprint density at radius 1 is 1.22 bits per heavy atom. The van der Waals surface area contributed by atoms with Gasteiger partial charge in [-0.05, 0) is 30.4 Å². The lowest BCUT2D eigenvalue weighted by atomic mass is 9.85. The van der Waals surface area contributed by atoms with Gasteiger partial charge >= 0.3 is 5.97 Å². The summed E-state index contributed by atoms with van der Waals surface area (Å²) >= 11 is 0. The summed E-state index contributed by atoms with van der Waals surface area (Å²) < 4.78 is 24.6. The Balaban J connectivity index is 1.93. The molecule has 152 valence electrons. The standard InChI is InChI=1S/C20H32N2O4S/c1-15(11-16-7-3-2-4-8-16)22-12-17-9-5-6-10-18(17)13-27(25,26)14-19(21)20(23)24/h5-6,9-10,15-16,19,22H,2-4,7-8,11-14,21H2,1H3,(H,23,24)/t15?,19-/m1/s1. The summed E-state index contributed by atoms with van der Waals surface area (Å²) in [7, 11) is -3.60. The average Bonchev–Trinajstić information content (AvgIpc) is 2.61. The maximum absolute atomic E-state index is 12.3. The molecule has 27 heavy (non-hydrogen) atoms. The van der Waals surface area contributed by atoms with Gasteiger partial charge in [-0.25, -0.2) is 8.42 Å². The van der Waals surface area contributed by atoms with E-state index in [0.29, 0.717) is 18.2 Å². The van der Waals surface area contributed by atoms with Crippen LogP contribution in [0.25, 0.3) is 0 Å². The van der Waals surface area contributed by atoms with Gasteiger partial charge in [-0.2, -0.15) is 0 Å². The maximum Gasteiger partial charge on any atom is 0.321 e. The first kappa shape index (κ1) is 21.9. The fourth-order valence-electron chi connectivity index (χ4n) is 3.80. The molecule has 1 fully saturated rings. The lowest BCUT2D eigenvalue weighted by Crippen LogP contribution is -2.37. The summed E-state index contributed by atoms with van der Waals surface area (Å²) in [4.78, 5) is 10.8. The van der Waals surface area contributed by atoms with Crippen LogP contribution < -0.4 is 11.1 Å². The number of carbonyl (C=O) groups is 1. The third kappa shape index (κ3) is 7.60. The molecular formula is C20H32N2O4S. The molecule has 0 spiro atoms. The summed E-state index contributed by atoms with van der Waals surface area (Å²) in [5.74, 6) is -1.26. The molecule has 0 bridgehead atoms. The molecule has 0 heterocycles. The van der Waals surface area contributed by atoms with Crippen molar-refractivity contribution < 1.29 is 18.3 Å². The van der Waals surface area contributed by atoms with Crippen molar-refractivity contribution in [2.24, 2.45) is 11.7 Å². The molecule has 0 aromatic heterocycles. The summed E-state index contributed by atoms with van der Waals surface area (Å²) in [6.45, 7) is 2.78. The molecule has 1 aliphatic rings. The van der Waals surface area contributed by atoms with Gasteiger partial charge in [0, 0.05) is 12.6 Å². The van der Waals surface area contributed by atoms with Gasteiger partial charge in [-0.15, -0.1) is 0 Å². The van der Waals surface area contributed by atoms with Crippen molar-refractivity contribution in [3.63, 3.8) is 0 Å². The number of nitrogens with one attached hydrogen (secondary N) is 1. The zero-order chi connectivity index (χ0) is 19.9. The summed E-state index contributed by atoms with van der Waals surface area (Å²) in [5.41, 5.74) is 7.02. The molecule has 0 radical (unpaired) electrons. The van der Waals surface area contributed by atoms with Crippen molar-refractivity contribution in [3.8, 4) is 0 Å². The van der Waals surface area contributed by atoms with Crippen molar-refractivity contribution in [2.75, 3.05) is 5.75 Å². The van der Waals surface area contributed by atoms with Gasteiger partial charge in [0.25, 0.3) is 0 Å². The first-order valence-electron chi connectivity index (χ1n) is 9.76. The number of nitrogens with two attached hydrogens (primary N) is 1. The van der Waals surface area contributed by atoms with Crippen molar-refractivity contribution >= 4 is 15.8 Å². The minimum absolute atomic E-state index is 0.192. The Labute approximate surface area is 162 Å². The Kier molecular flexibility index (Phi) is 8.26. The van der Waals surface area contributed by atoms with Gasteiger partial charge < -0.3 is 16.2 Å². The third-order valence-electron chi connectivity index (χ3n) is 5.30.